The zero-order chi connectivity index (χ0) is 11.4. The van der Waals surface area contributed by atoms with Crippen molar-refractivity contribution in [1.29, 1.82) is 0 Å². The van der Waals surface area contributed by atoms with Gasteiger partial charge in [0.2, 0.25) is 0 Å². The third-order valence-electron chi connectivity index (χ3n) is 1.83. The highest BCUT2D eigenvalue weighted by Gasteiger charge is 2.10. The van der Waals surface area contributed by atoms with E-state index in [0.717, 1.165) is 0 Å². The highest BCUT2D eigenvalue weighted by Crippen LogP contribution is 2.15. The number of aromatic nitrogens is 3. The lowest BCUT2D eigenvalue weighted by atomic mass is 10.2. The van der Waals surface area contributed by atoms with E-state index in [9.17, 15) is 4.79 Å². The van der Waals surface area contributed by atoms with Gasteiger partial charge in [-0.2, -0.15) is 0 Å². The van der Waals surface area contributed by atoms with Crippen LogP contribution in [0.5, 0.6) is 0 Å². The van der Waals surface area contributed by atoms with E-state index in [1.807, 2.05) is 0 Å². The van der Waals surface area contributed by atoms with E-state index in [1.54, 1.807) is 6.07 Å². The molecule has 6 heteroatoms. The summed E-state index contributed by atoms with van der Waals surface area (Å²) in [7, 11) is 0. The SMILES string of the molecule is O=C(Nc1cncnc1)c1cnccc1Cl. The molecule has 0 atom stereocenters. The molecule has 0 aromatic carbocycles. The number of rotatable bonds is 2. The van der Waals surface area contributed by atoms with E-state index in [-0.39, 0.29) is 5.91 Å². The fourth-order valence-corrected chi connectivity index (χ4v) is 1.30. The van der Waals surface area contributed by atoms with Gasteiger partial charge < -0.3 is 5.32 Å². The van der Waals surface area contributed by atoms with Crippen molar-refractivity contribution < 1.29 is 4.79 Å². The second kappa shape index (κ2) is 4.67. The second-order valence-electron chi connectivity index (χ2n) is 2.94. The average Bonchev–Trinajstić information content (AvgIpc) is 2.31. The Morgan fingerprint density at radius 3 is 2.62 bits per heavy atom. The predicted octanol–water partition coefficient (Wildman–Crippen LogP) is 1.78. The van der Waals surface area contributed by atoms with Crippen molar-refractivity contribution in [2.75, 3.05) is 5.32 Å². The number of amides is 1. The van der Waals surface area contributed by atoms with Crippen molar-refractivity contribution in [3.63, 3.8) is 0 Å². The third kappa shape index (κ3) is 2.32. The van der Waals surface area contributed by atoms with Crippen LogP contribution in [-0.2, 0) is 0 Å². The minimum atomic E-state index is -0.340. The van der Waals surface area contributed by atoms with Gasteiger partial charge in [-0.3, -0.25) is 9.78 Å². The summed E-state index contributed by atoms with van der Waals surface area (Å²) < 4.78 is 0. The molecule has 0 bridgehead atoms. The molecule has 2 aromatic rings. The molecule has 0 unspecified atom stereocenters. The number of halogens is 1. The molecule has 0 fully saturated rings. The number of nitrogens with zero attached hydrogens (tertiary/aromatic N) is 3. The summed E-state index contributed by atoms with van der Waals surface area (Å²) in [5.41, 5.74) is 0.820. The zero-order valence-electron chi connectivity index (χ0n) is 8.09. The van der Waals surface area contributed by atoms with Crippen LogP contribution in [0.4, 0.5) is 5.69 Å². The van der Waals surface area contributed by atoms with Crippen LogP contribution in [0.25, 0.3) is 0 Å². The Morgan fingerprint density at radius 1 is 1.19 bits per heavy atom. The molecule has 2 aromatic heterocycles. The largest absolute Gasteiger partial charge is 0.319 e. The first-order valence-electron chi connectivity index (χ1n) is 4.43. The fraction of sp³-hybridized carbons (Fsp3) is 0. The molecule has 0 saturated carbocycles. The highest BCUT2D eigenvalue weighted by atomic mass is 35.5. The molecule has 0 aliphatic carbocycles. The maximum Gasteiger partial charge on any atom is 0.258 e. The number of hydrogen-bond acceptors (Lipinski definition) is 4. The molecule has 0 aliphatic heterocycles. The fourth-order valence-electron chi connectivity index (χ4n) is 1.11. The lowest BCUT2D eigenvalue weighted by Gasteiger charge is -2.04. The lowest BCUT2D eigenvalue weighted by Crippen LogP contribution is -2.13. The van der Waals surface area contributed by atoms with Crippen molar-refractivity contribution >= 4 is 23.2 Å². The second-order valence-corrected chi connectivity index (χ2v) is 3.34. The maximum absolute atomic E-state index is 11.7. The Balaban J connectivity index is 2.19. The normalized spacial score (nSPS) is 9.81. The molecule has 0 radical (unpaired) electrons. The van der Waals surface area contributed by atoms with Crippen LogP contribution < -0.4 is 5.32 Å². The molecular weight excluding hydrogens is 228 g/mol. The summed E-state index contributed by atoms with van der Waals surface area (Å²) in [4.78, 5) is 23.1. The number of carbonyl (C=O) groups is 1. The Hall–Kier alpha value is -2.01. The molecule has 1 amide bonds. The first-order valence-corrected chi connectivity index (χ1v) is 4.81. The van der Waals surface area contributed by atoms with Gasteiger partial charge in [0.1, 0.15) is 6.33 Å². The van der Waals surface area contributed by atoms with Crippen molar-refractivity contribution in [1.82, 2.24) is 15.0 Å². The number of pyridine rings is 1. The molecule has 5 nitrogen and oxygen atoms in total. The van der Waals surface area contributed by atoms with E-state index < -0.39 is 0 Å². The van der Waals surface area contributed by atoms with Gasteiger partial charge in [-0.1, -0.05) is 11.6 Å². The molecule has 2 rings (SSSR count). The van der Waals surface area contributed by atoms with Crippen LogP contribution in [0.1, 0.15) is 10.4 Å². The minimum Gasteiger partial charge on any atom is -0.319 e. The third-order valence-corrected chi connectivity index (χ3v) is 2.16. The minimum absolute atomic E-state index is 0.313. The van der Waals surface area contributed by atoms with E-state index >= 15 is 0 Å². The van der Waals surface area contributed by atoms with Crippen LogP contribution in [0, 0.1) is 0 Å². The number of carbonyl (C=O) groups excluding carboxylic acids is 1. The molecule has 80 valence electrons. The van der Waals surface area contributed by atoms with Gasteiger partial charge in [-0.05, 0) is 6.07 Å². The lowest BCUT2D eigenvalue weighted by molar-refractivity contribution is 0.102. The molecule has 1 N–H and O–H groups in total. The Labute approximate surface area is 96.5 Å². The highest BCUT2D eigenvalue weighted by molar-refractivity contribution is 6.34. The molecule has 2 heterocycles. The molecule has 0 aliphatic rings. The van der Waals surface area contributed by atoms with Gasteiger partial charge >= 0.3 is 0 Å². The van der Waals surface area contributed by atoms with Crippen molar-refractivity contribution in [2.45, 2.75) is 0 Å². The van der Waals surface area contributed by atoms with Crippen LogP contribution in [-0.4, -0.2) is 20.9 Å². The summed E-state index contributed by atoms with van der Waals surface area (Å²) >= 11 is 5.85. The Morgan fingerprint density at radius 2 is 1.94 bits per heavy atom. The number of anilines is 1. The van der Waals surface area contributed by atoms with E-state index in [1.165, 1.54) is 31.1 Å². The smallest absolute Gasteiger partial charge is 0.258 e. The van der Waals surface area contributed by atoms with Crippen LogP contribution in [0.2, 0.25) is 5.02 Å². The zero-order valence-corrected chi connectivity index (χ0v) is 8.85. The van der Waals surface area contributed by atoms with Crippen molar-refractivity contribution in [2.24, 2.45) is 0 Å². The molecule has 0 saturated heterocycles. The Bertz CT molecular complexity index is 503. The summed E-state index contributed by atoms with van der Waals surface area (Å²) in [5.74, 6) is -0.340. The van der Waals surface area contributed by atoms with Gasteiger partial charge in [0.05, 0.1) is 28.7 Å². The quantitative estimate of drug-likeness (QED) is 0.860. The number of hydrogen-bond donors (Lipinski definition) is 1. The van der Waals surface area contributed by atoms with E-state index in [2.05, 4.69) is 20.3 Å². The van der Waals surface area contributed by atoms with Gasteiger partial charge in [-0.25, -0.2) is 9.97 Å². The van der Waals surface area contributed by atoms with E-state index in [4.69, 9.17) is 11.6 Å². The molecule has 0 spiro atoms. The summed E-state index contributed by atoms with van der Waals surface area (Å²) in [6.45, 7) is 0. The average molecular weight is 235 g/mol. The van der Waals surface area contributed by atoms with E-state index in [0.29, 0.717) is 16.3 Å². The van der Waals surface area contributed by atoms with Crippen LogP contribution in [0.3, 0.4) is 0 Å². The van der Waals surface area contributed by atoms with Gasteiger partial charge in [-0.15, -0.1) is 0 Å². The summed E-state index contributed by atoms with van der Waals surface area (Å²) in [5, 5.41) is 2.96. The standard InChI is InChI=1S/C10H7ClN4O/c11-9-1-2-12-5-8(9)10(16)15-7-3-13-6-14-4-7/h1-6H,(H,15,16). The predicted molar refractivity (Wildman–Crippen MR) is 59.2 cm³/mol. The Kier molecular flexibility index (Phi) is 3.07. The molecule has 16 heavy (non-hydrogen) atoms. The van der Waals surface area contributed by atoms with Crippen LogP contribution in [0.15, 0.2) is 37.2 Å². The molecular formula is C10H7ClN4O. The van der Waals surface area contributed by atoms with Gasteiger partial charge in [0, 0.05) is 12.4 Å². The van der Waals surface area contributed by atoms with Gasteiger partial charge in [0.25, 0.3) is 5.91 Å². The van der Waals surface area contributed by atoms with Crippen molar-refractivity contribution in [3.05, 3.63) is 47.8 Å². The summed E-state index contributed by atoms with van der Waals surface area (Å²) in [6.07, 6.45) is 7.29. The van der Waals surface area contributed by atoms with Gasteiger partial charge in [0.15, 0.2) is 0 Å². The summed E-state index contributed by atoms with van der Waals surface area (Å²) in [6, 6.07) is 1.55. The first kappa shape index (κ1) is 10.5. The van der Waals surface area contributed by atoms with Crippen LogP contribution >= 0.6 is 11.6 Å². The monoisotopic (exact) mass is 234 g/mol. The van der Waals surface area contributed by atoms with Crippen molar-refractivity contribution in [3.8, 4) is 0 Å². The topological polar surface area (TPSA) is 67.8 Å². The maximum atomic E-state index is 11.7. The first-order chi connectivity index (χ1) is 7.77. The number of nitrogens with one attached hydrogen (secondary N) is 1.